The summed E-state index contributed by atoms with van der Waals surface area (Å²) in [5, 5.41) is 9.90. The van der Waals surface area contributed by atoms with Crippen LogP contribution >= 0.6 is 0 Å². The Labute approximate surface area is 189 Å². The zero-order valence-electron chi connectivity index (χ0n) is 18.2. The van der Waals surface area contributed by atoms with E-state index >= 15 is 4.39 Å². The molecule has 3 aromatic rings. The lowest BCUT2D eigenvalue weighted by Gasteiger charge is -2.28. The number of nitrogens with one attached hydrogen (secondary N) is 1. The van der Waals surface area contributed by atoms with Crippen LogP contribution in [0.25, 0.3) is 22.3 Å². The predicted molar refractivity (Wildman–Crippen MR) is 117 cm³/mol. The van der Waals surface area contributed by atoms with E-state index in [0.29, 0.717) is 48.0 Å². The van der Waals surface area contributed by atoms with Gasteiger partial charge >= 0.3 is 0 Å². The Morgan fingerprint density at radius 3 is 2.76 bits per heavy atom. The normalized spacial score (nSPS) is 27.3. The summed E-state index contributed by atoms with van der Waals surface area (Å²) in [5.74, 6) is 0.868. The molecule has 174 valence electrons. The number of aromatic amines is 1. The Morgan fingerprint density at radius 1 is 1.12 bits per heavy atom. The first-order valence-electron chi connectivity index (χ1n) is 11.1. The van der Waals surface area contributed by atoms with Gasteiger partial charge in [0.2, 0.25) is 0 Å². The number of halogens is 1. The van der Waals surface area contributed by atoms with Gasteiger partial charge in [-0.2, -0.15) is 0 Å². The van der Waals surface area contributed by atoms with Gasteiger partial charge in [0.05, 0.1) is 37.5 Å². The van der Waals surface area contributed by atoms with Crippen molar-refractivity contribution in [2.75, 3.05) is 44.4 Å². The van der Waals surface area contributed by atoms with Gasteiger partial charge in [0.1, 0.15) is 29.8 Å². The van der Waals surface area contributed by atoms with Crippen LogP contribution in [0.2, 0.25) is 0 Å². The second kappa shape index (κ2) is 8.21. The molecule has 3 aromatic heterocycles. The smallest absolute Gasteiger partial charge is 0.193 e. The van der Waals surface area contributed by atoms with Crippen molar-refractivity contribution in [1.29, 1.82) is 0 Å². The molecule has 0 amide bonds. The lowest BCUT2D eigenvalue weighted by Crippen LogP contribution is -2.36. The Hall–Kier alpha value is -2.79. The molecule has 0 spiro atoms. The van der Waals surface area contributed by atoms with E-state index in [4.69, 9.17) is 18.9 Å². The van der Waals surface area contributed by atoms with E-state index in [1.54, 1.807) is 6.07 Å². The van der Waals surface area contributed by atoms with Gasteiger partial charge < -0.3 is 33.9 Å². The monoisotopic (exact) mass is 456 g/mol. The molecule has 3 saturated heterocycles. The van der Waals surface area contributed by atoms with Crippen molar-refractivity contribution in [2.45, 2.75) is 31.3 Å². The first kappa shape index (κ1) is 20.8. The molecule has 0 aromatic carbocycles. The average Bonchev–Trinajstić information content (AvgIpc) is 3.51. The molecule has 3 aliphatic heterocycles. The molecule has 0 saturated carbocycles. The van der Waals surface area contributed by atoms with E-state index in [-0.39, 0.29) is 30.6 Å². The third-order valence-corrected chi connectivity index (χ3v) is 6.45. The van der Waals surface area contributed by atoms with Gasteiger partial charge in [0.15, 0.2) is 17.8 Å². The maximum Gasteiger partial charge on any atom is 0.193 e. The van der Waals surface area contributed by atoms with Crippen molar-refractivity contribution < 1.29 is 28.4 Å². The van der Waals surface area contributed by atoms with E-state index in [9.17, 15) is 5.11 Å². The maximum atomic E-state index is 15.0. The van der Waals surface area contributed by atoms with Gasteiger partial charge in [0.25, 0.3) is 0 Å². The zero-order valence-corrected chi connectivity index (χ0v) is 18.2. The van der Waals surface area contributed by atoms with Crippen LogP contribution in [0.1, 0.15) is 5.69 Å². The molecule has 4 atom stereocenters. The number of rotatable bonds is 4. The molecular weight excluding hydrogens is 431 g/mol. The second-order valence-electron chi connectivity index (χ2n) is 8.61. The SMILES string of the molecule is Cc1nc(N2CCOCC2)ccc1-c1nc2cc(O[C@@H]3CO[C@H]4[C@@H]3OC[C@H]4O)[nH]c2cc1F. The molecule has 2 N–H and O–H groups in total. The Kier molecular flexibility index (Phi) is 5.17. The molecular formula is C23H25FN4O5. The maximum absolute atomic E-state index is 15.0. The number of aromatic nitrogens is 3. The number of nitrogens with zero attached hydrogens (tertiary/aromatic N) is 3. The number of pyridine rings is 2. The third-order valence-electron chi connectivity index (χ3n) is 6.45. The summed E-state index contributed by atoms with van der Waals surface area (Å²) >= 11 is 0. The number of aryl methyl sites for hydroxylation is 1. The highest BCUT2D eigenvalue weighted by Gasteiger charge is 2.48. The summed E-state index contributed by atoms with van der Waals surface area (Å²) in [5.41, 5.74) is 2.72. The minimum Gasteiger partial charge on any atom is -0.470 e. The Bertz CT molecular complexity index is 1180. The van der Waals surface area contributed by atoms with Gasteiger partial charge in [-0.1, -0.05) is 0 Å². The average molecular weight is 456 g/mol. The quantitative estimate of drug-likeness (QED) is 0.613. The largest absolute Gasteiger partial charge is 0.470 e. The highest BCUT2D eigenvalue weighted by Crippen LogP contribution is 2.32. The first-order chi connectivity index (χ1) is 16.1. The number of ether oxygens (including phenoxy) is 4. The molecule has 3 fully saturated rings. The number of morpholine rings is 1. The molecule has 10 heteroatoms. The highest BCUT2D eigenvalue weighted by molar-refractivity contribution is 5.81. The lowest BCUT2D eigenvalue weighted by atomic mass is 10.1. The number of hydrogen-bond donors (Lipinski definition) is 2. The van der Waals surface area contributed by atoms with Crippen LogP contribution in [0, 0.1) is 12.7 Å². The van der Waals surface area contributed by atoms with E-state index in [1.807, 2.05) is 19.1 Å². The summed E-state index contributed by atoms with van der Waals surface area (Å²) in [4.78, 5) is 14.5. The summed E-state index contributed by atoms with van der Waals surface area (Å²) in [6.45, 7) is 5.33. The molecule has 0 aliphatic carbocycles. The molecule has 0 unspecified atom stereocenters. The topological polar surface area (TPSA) is 102 Å². The van der Waals surface area contributed by atoms with Crippen LogP contribution in [0.15, 0.2) is 24.3 Å². The van der Waals surface area contributed by atoms with Crippen molar-refractivity contribution >= 4 is 16.9 Å². The summed E-state index contributed by atoms with van der Waals surface area (Å²) < 4.78 is 37.6. The fourth-order valence-electron chi connectivity index (χ4n) is 4.73. The Balaban J connectivity index is 1.26. The number of anilines is 1. The van der Waals surface area contributed by atoms with Crippen molar-refractivity contribution in [3.05, 3.63) is 35.8 Å². The van der Waals surface area contributed by atoms with E-state index in [1.165, 1.54) is 6.07 Å². The van der Waals surface area contributed by atoms with Crippen LogP contribution in [-0.2, 0) is 14.2 Å². The van der Waals surface area contributed by atoms with Crippen molar-refractivity contribution in [1.82, 2.24) is 15.0 Å². The third kappa shape index (κ3) is 3.72. The number of fused-ring (bicyclic) bond motifs is 2. The molecule has 0 bridgehead atoms. The van der Waals surface area contributed by atoms with Gasteiger partial charge in [0, 0.05) is 36.5 Å². The molecule has 0 radical (unpaired) electrons. The predicted octanol–water partition coefficient (Wildman–Crippen LogP) is 1.81. The molecule has 3 aliphatic rings. The van der Waals surface area contributed by atoms with Gasteiger partial charge in [-0.3, -0.25) is 0 Å². The van der Waals surface area contributed by atoms with Gasteiger partial charge in [-0.15, -0.1) is 0 Å². The summed E-state index contributed by atoms with van der Waals surface area (Å²) in [6, 6.07) is 6.93. The van der Waals surface area contributed by atoms with Crippen LogP contribution in [-0.4, -0.2) is 84.0 Å². The standard InChI is InChI=1S/C23H25FN4O5/c1-12-13(2-3-19(25-12)28-4-6-30-7-5-28)21-14(24)8-15-16(27-21)9-20(26-15)33-18-11-32-22-17(29)10-31-23(18)22/h2-3,8-9,17-18,22-23,26,29H,4-7,10-11H2,1H3/t17-,18-,22-,23-/m1/s1. The van der Waals surface area contributed by atoms with Crippen LogP contribution < -0.4 is 9.64 Å². The van der Waals surface area contributed by atoms with Gasteiger partial charge in [-0.05, 0) is 19.1 Å². The Morgan fingerprint density at radius 2 is 1.94 bits per heavy atom. The van der Waals surface area contributed by atoms with Crippen molar-refractivity contribution in [3.63, 3.8) is 0 Å². The van der Waals surface area contributed by atoms with Crippen molar-refractivity contribution in [2.24, 2.45) is 0 Å². The number of H-pyrrole nitrogens is 1. The van der Waals surface area contributed by atoms with Crippen LogP contribution in [0.5, 0.6) is 5.88 Å². The summed E-state index contributed by atoms with van der Waals surface area (Å²) in [6.07, 6.45) is -1.71. The van der Waals surface area contributed by atoms with E-state index < -0.39 is 11.9 Å². The van der Waals surface area contributed by atoms with Crippen molar-refractivity contribution in [3.8, 4) is 17.1 Å². The lowest BCUT2D eigenvalue weighted by molar-refractivity contribution is 0.00794. The number of aliphatic hydroxyl groups is 1. The zero-order chi connectivity index (χ0) is 22.5. The van der Waals surface area contributed by atoms with Crippen LogP contribution in [0.3, 0.4) is 0 Å². The fourth-order valence-corrected chi connectivity index (χ4v) is 4.73. The molecule has 6 heterocycles. The molecule has 33 heavy (non-hydrogen) atoms. The van der Waals surface area contributed by atoms with Gasteiger partial charge in [-0.25, -0.2) is 14.4 Å². The number of hydrogen-bond acceptors (Lipinski definition) is 8. The second-order valence-corrected chi connectivity index (χ2v) is 8.61. The first-order valence-corrected chi connectivity index (χ1v) is 11.1. The van der Waals surface area contributed by atoms with E-state index in [0.717, 1.165) is 18.9 Å². The molecule has 6 rings (SSSR count). The highest BCUT2D eigenvalue weighted by atomic mass is 19.1. The minimum atomic E-state index is -0.642. The summed E-state index contributed by atoms with van der Waals surface area (Å²) in [7, 11) is 0. The number of aliphatic hydroxyl groups excluding tert-OH is 1. The minimum absolute atomic E-state index is 0.232. The van der Waals surface area contributed by atoms with Crippen LogP contribution in [0.4, 0.5) is 10.2 Å². The fraction of sp³-hybridized carbons (Fsp3) is 0.478. The van der Waals surface area contributed by atoms with E-state index in [2.05, 4.69) is 19.9 Å². The molecule has 9 nitrogen and oxygen atoms in total.